The highest BCUT2D eigenvalue weighted by atomic mass is 16.9. The third-order valence-electron chi connectivity index (χ3n) is 4.24. The first kappa shape index (κ1) is 17.0. The second kappa shape index (κ2) is 8.29. The van der Waals surface area contributed by atoms with Crippen LogP contribution < -0.4 is 24.3 Å². The molecule has 6 heteroatoms. The molecule has 0 aliphatic carbocycles. The van der Waals surface area contributed by atoms with Crippen molar-refractivity contribution in [3.8, 4) is 23.0 Å². The van der Waals surface area contributed by atoms with Gasteiger partial charge in [0.15, 0.2) is 23.0 Å². The highest BCUT2D eigenvalue weighted by Crippen LogP contribution is 2.34. The predicted molar refractivity (Wildman–Crippen MR) is 95.9 cm³/mol. The quantitative estimate of drug-likeness (QED) is 0.733. The maximum absolute atomic E-state index is 5.91. The fourth-order valence-corrected chi connectivity index (χ4v) is 2.90. The Morgan fingerprint density at radius 2 is 1.50 bits per heavy atom. The van der Waals surface area contributed by atoms with E-state index in [0.29, 0.717) is 13.2 Å². The summed E-state index contributed by atoms with van der Waals surface area (Å²) in [6.45, 7) is 2.20. The van der Waals surface area contributed by atoms with Crippen LogP contribution in [0, 0.1) is 0 Å². The summed E-state index contributed by atoms with van der Waals surface area (Å²) in [6.07, 6.45) is 1.97. The van der Waals surface area contributed by atoms with Crippen LogP contribution in [-0.2, 0) is 4.74 Å². The molecule has 2 heterocycles. The molecule has 0 unspecified atom stereocenters. The minimum atomic E-state index is -0.631. The Morgan fingerprint density at radius 3 is 2.23 bits per heavy atom. The smallest absolute Gasteiger partial charge is 0.361 e. The maximum Gasteiger partial charge on any atom is 0.361 e. The van der Waals surface area contributed by atoms with Gasteiger partial charge in [-0.1, -0.05) is 24.3 Å². The van der Waals surface area contributed by atoms with Crippen molar-refractivity contribution in [2.45, 2.75) is 25.4 Å². The third kappa shape index (κ3) is 4.20. The van der Waals surface area contributed by atoms with Gasteiger partial charge in [-0.15, -0.1) is 0 Å². The lowest BCUT2D eigenvalue weighted by Crippen LogP contribution is -2.38. The van der Waals surface area contributed by atoms with Gasteiger partial charge in [-0.05, 0) is 43.7 Å². The van der Waals surface area contributed by atoms with E-state index < -0.39 is 6.48 Å². The number of rotatable bonds is 8. The first-order chi connectivity index (χ1) is 12.9. The molecule has 0 saturated carbocycles. The van der Waals surface area contributed by atoms with Crippen molar-refractivity contribution in [2.75, 3.05) is 26.3 Å². The molecule has 0 radical (unpaired) electrons. The first-order valence-electron chi connectivity index (χ1n) is 9.01. The van der Waals surface area contributed by atoms with Gasteiger partial charge in [0.05, 0.1) is 6.61 Å². The van der Waals surface area contributed by atoms with Crippen molar-refractivity contribution in [3.63, 3.8) is 0 Å². The Kier molecular flexibility index (Phi) is 5.42. The molecule has 0 bridgehead atoms. The van der Waals surface area contributed by atoms with Crippen LogP contribution in [0.3, 0.4) is 0 Å². The van der Waals surface area contributed by atoms with Crippen LogP contribution >= 0.6 is 0 Å². The van der Waals surface area contributed by atoms with Gasteiger partial charge in [-0.3, -0.25) is 0 Å². The van der Waals surface area contributed by atoms with E-state index in [9.17, 15) is 0 Å². The zero-order valence-electron chi connectivity index (χ0n) is 14.6. The van der Waals surface area contributed by atoms with Crippen LogP contribution in [0.15, 0.2) is 48.5 Å². The topological polar surface area (TPSA) is 58.2 Å². The molecular weight excluding hydrogens is 334 g/mol. The number of para-hydroxylation sites is 4. The molecule has 0 aromatic heterocycles. The van der Waals surface area contributed by atoms with Crippen LogP contribution in [0.1, 0.15) is 12.8 Å². The summed E-state index contributed by atoms with van der Waals surface area (Å²) < 4.78 is 28.3. The monoisotopic (exact) mass is 357 g/mol. The zero-order chi connectivity index (χ0) is 17.6. The molecule has 0 spiro atoms. The number of hydrogen-bond acceptors (Lipinski definition) is 6. The second-order valence-electron chi connectivity index (χ2n) is 6.25. The fraction of sp³-hybridized carbons (Fsp3) is 0.400. The van der Waals surface area contributed by atoms with Crippen molar-refractivity contribution in [3.05, 3.63) is 48.5 Å². The number of ether oxygens (including phenoxy) is 5. The normalized spacial score (nSPS) is 18.1. The van der Waals surface area contributed by atoms with E-state index in [4.69, 9.17) is 23.7 Å². The summed E-state index contributed by atoms with van der Waals surface area (Å²) in [5, 5.41) is 3.41. The molecular formula is C20H23NO5. The number of nitrogens with one attached hydrogen (secondary N) is 1. The third-order valence-corrected chi connectivity index (χ3v) is 4.24. The minimum absolute atomic E-state index is 0.0416. The summed E-state index contributed by atoms with van der Waals surface area (Å²) in [5.41, 5.74) is 0. The molecule has 0 fully saturated rings. The number of unbranched alkanes of at least 4 members (excludes halogenated alkanes) is 1. The van der Waals surface area contributed by atoms with Crippen LogP contribution in [0.25, 0.3) is 0 Å². The maximum atomic E-state index is 5.91. The Bertz CT molecular complexity index is 698. The van der Waals surface area contributed by atoms with Gasteiger partial charge in [0.2, 0.25) is 0 Å². The molecule has 2 aromatic carbocycles. The SMILES string of the molecule is c1ccc2c(c1)OC[C@H](CNCCCCOC1Oc3ccccc3O1)O2. The summed E-state index contributed by atoms with van der Waals surface area (Å²) in [7, 11) is 0. The van der Waals surface area contributed by atoms with Gasteiger partial charge in [-0.2, -0.15) is 0 Å². The molecule has 4 rings (SSSR count). The molecule has 0 amide bonds. The minimum Gasteiger partial charge on any atom is -0.486 e. The molecule has 26 heavy (non-hydrogen) atoms. The standard InChI is InChI=1S/C20H23NO5/c1-2-8-17-16(7-1)23-14-15(24-17)13-21-11-5-6-12-22-20-25-18-9-3-4-10-19(18)26-20/h1-4,7-10,15,20-21H,5-6,11-14H2/t15-/m0/s1. The van der Waals surface area contributed by atoms with Gasteiger partial charge in [0, 0.05) is 6.54 Å². The zero-order valence-corrected chi connectivity index (χ0v) is 14.6. The van der Waals surface area contributed by atoms with E-state index >= 15 is 0 Å². The summed E-state index contributed by atoms with van der Waals surface area (Å²) in [5.74, 6) is 3.10. The van der Waals surface area contributed by atoms with Crippen molar-refractivity contribution in [1.82, 2.24) is 5.32 Å². The van der Waals surface area contributed by atoms with E-state index in [1.165, 1.54) is 0 Å². The average Bonchev–Trinajstić information content (AvgIpc) is 3.10. The molecule has 6 nitrogen and oxygen atoms in total. The summed E-state index contributed by atoms with van der Waals surface area (Å²) in [4.78, 5) is 0. The van der Waals surface area contributed by atoms with Crippen LogP contribution in [0.4, 0.5) is 0 Å². The lowest BCUT2D eigenvalue weighted by Gasteiger charge is -2.26. The summed E-state index contributed by atoms with van der Waals surface area (Å²) >= 11 is 0. The van der Waals surface area contributed by atoms with Crippen LogP contribution in [0.5, 0.6) is 23.0 Å². The Morgan fingerprint density at radius 1 is 0.846 bits per heavy atom. The van der Waals surface area contributed by atoms with Crippen molar-refractivity contribution in [2.24, 2.45) is 0 Å². The predicted octanol–water partition coefficient (Wildman–Crippen LogP) is 2.97. The molecule has 2 aliphatic rings. The first-order valence-corrected chi connectivity index (χ1v) is 9.01. The lowest BCUT2D eigenvalue weighted by atomic mass is 10.2. The molecule has 1 N–H and O–H groups in total. The fourth-order valence-electron chi connectivity index (χ4n) is 2.90. The van der Waals surface area contributed by atoms with Gasteiger partial charge in [-0.25, -0.2) is 0 Å². The van der Waals surface area contributed by atoms with Crippen molar-refractivity contribution >= 4 is 0 Å². The Hall–Kier alpha value is -2.44. The number of fused-ring (bicyclic) bond motifs is 2. The van der Waals surface area contributed by atoms with Gasteiger partial charge in [0.1, 0.15) is 12.7 Å². The average molecular weight is 357 g/mol. The second-order valence-corrected chi connectivity index (χ2v) is 6.25. The molecule has 2 aromatic rings. The Labute approximate surface area is 153 Å². The Balaban J connectivity index is 1.06. The van der Waals surface area contributed by atoms with Crippen molar-refractivity contribution < 1.29 is 23.7 Å². The highest BCUT2D eigenvalue weighted by Gasteiger charge is 2.24. The van der Waals surface area contributed by atoms with E-state index in [1.54, 1.807) is 0 Å². The highest BCUT2D eigenvalue weighted by molar-refractivity contribution is 5.41. The van der Waals surface area contributed by atoms with E-state index in [1.807, 2.05) is 48.5 Å². The number of hydrogen-bond donors (Lipinski definition) is 1. The molecule has 0 saturated heterocycles. The van der Waals surface area contributed by atoms with E-state index in [0.717, 1.165) is 48.9 Å². The molecule has 138 valence electrons. The summed E-state index contributed by atoms with van der Waals surface area (Å²) in [6, 6.07) is 15.3. The number of benzene rings is 2. The van der Waals surface area contributed by atoms with Crippen LogP contribution in [0.2, 0.25) is 0 Å². The van der Waals surface area contributed by atoms with Crippen molar-refractivity contribution in [1.29, 1.82) is 0 Å². The largest absolute Gasteiger partial charge is 0.486 e. The van der Waals surface area contributed by atoms with Crippen LogP contribution in [-0.4, -0.2) is 38.9 Å². The van der Waals surface area contributed by atoms with E-state index in [2.05, 4.69) is 5.32 Å². The van der Waals surface area contributed by atoms with E-state index in [-0.39, 0.29) is 6.10 Å². The van der Waals surface area contributed by atoms with Gasteiger partial charge >= 0.3 is 6.48 Å². The molecule has 2 aliphatic heterocycles. The van der Waals surface area contributed by atoms with Gasteiger partial charge in [0.25, 0.3) is 0 Å². The molecule has 1 atom stereocenters. The van der Waals surface area contributed by atoms with Gasteiger partial charge < -0.3 is 29.0 Å². The lowest BCUT2D eigenvalue weighted by molar-refractivity contribution is -0.177.